The van der Waals surface area contributed by atoms with E-state index < -0.39 is 0 Å². The molecule has 2 N–H and O–H groups in total. The molecule has 0 atom stereocenters. The maximum Gasteiger partial charge on any atom is 0.196 e. The lowest BCUT2D eigenvalue weighted by Crippen LogP contribution is -2.22. The monoisotopic (exact) mass is 251 g/mol. The highest BCUT2D eigenvalue weighted by Gasteiger charge is 2.31. The Morgan fingerprint density at radius 3 is 2.05 bits per heavy atom. The average molecular weight is 251 g/mol. The summed E-state index contributed by atoms with van der Waals surface area (Å²) < 4.78 is 0. The summed E-state index contributed by atoms with van der Waals surface area (Å²) in [5.41, 5.74) is 9.89. The molecule has 0 aromatic heterocycles. The molecule has 3 heteroatoms. The Kier molecular flexibility index (Phi) is 2.32. The van der Waals surface area contributed by atoms with Crippen molar-refractivity contribution in [3.8, 4) is 0 Å². The molecule has 0 radical (unpaired) electrons. The van der Waals surface area contributed by atoms with Crippen LogP contribution in [0, 0.1) is 13.8 Å². The molecule has 19 heavy (non-hydrogen) atoms. The first-order chi connectivity index (χ1) is 9.00. The number of carbonyl (C=O) groups is 2. The van der Waals surface area contributed by atoms with Gasteiger partial charge >= 0.3 is 0 Å². The Balaban J connectivity index is 2.36. The molecule has 0 fully saturated rings. The molecule has 0 saturated heterocycles. The molecule has 0 amide bonds. The minimum Gasteiger partial charge on any atom is -0.398 e. The van der Waals surface area contributed by atoms with E-state index >= 15 is 0 Å². The number of anilines is 1. The van der Waals surface area contributed by atoms with Crippen molar-refractivity contribution in [2.75, 3.05) is 5.73 Å². The molecule has 2 aromatic rings. The molecule has 3 rings (SSSR count). The van der Waals surface area contributed by atoms with Crippen LogP contribution in [0.1, 0.15) is 43.0 Å². The SMILES string of the molecule is Cc1cc2c(cc1C)C(=O)c1c(N)cccc1C2=O. The fraction of sp³-hybridized carbons (Fsp3) is 0.125. The van der Waals surface area contributed by atoms with Crippen molar-refractivity contribution >= 4 is 17.3 Å². The fourth-order valence-electron chi connectivity index (χ4n) is 2.48. The largest absolute Gasteiger partial charge is 0.398 e. The number of carbonyl (C=O) groups excluding carboxylic acids is 2. The highest BCUT2D eigenvalue weighted by atomic mass is 16.1. The topological polar surface area (TPSA) is 60.2 Å². The van der Waals surface area contributed by atoms with E-state index in [2.05, 4.69) is 0 Å². The predicted molar refractivity (Wildman–Crippen MR) is 73.6 cm³/mol. The van der Waals surface area contributed by atoms with Crippen LogP contribution in [0.15, 0.2) is 30.3 Å². The van der Waals surface area contributed by atoms with E-state index in [1.807, 2.05) is 13.8 Å². The lowest BCUT2D eigenvalue weighted by atomic mass is 9.82. The lowest BCUT2D eigenvalue weighted by Gasteiger charge is -2.20. The second kappa shape index (κ2) is 3.79. The molecule has 0 heterocycles. The lowest BCUT2D eigenvalue weighted by molar-refractivity contribution is 0.0979. The van der Waals surface area contributed by atoms with Gasteiger partial charge in [-0.05, 0) is 43.2 Å². The van der Waals surface area contributed by atoms with Gasteiger partial charge < -0.3 is 5.73 Å². The van der Waals surface area contributed by atoms with Gasteiger partial charge in [0.2, 0.25) is 0 Å². The van der Waals surface area contributed by atoms with Crippen LogP contribution in [-0.2, 0) is 0 Å². The fourth-order valence-corrected chi connectivity index (χ4v) is 2.48. The van der Waals surface area contributed by atoms with Crippen molar-refractivity contribution in [2.24, 2.45) is 0 Å². The number of fused-ring (bicyclic) bond motifs is 2. The van der Waals surface area contributed by atoms with Gasteiger partial charge in [-0.2, -0.15) is 0 Å². The molecule has 0 bridgehead atoms. The third-order valence-corrected chi connectivity index (χ3v) is 3.69. The zero-order chi connectivity index (χ0) is 13.7. The molecule has 3 nitrogen and oxygen atoms in total. The number of hydrogen-bond acceptors (Lipinski definition) is 3. The molecule has 0 unspecified atom stereocenters. The van der Waals surface area contributed by atoms with Gasteiger partial charge in [0, 0.05) is 22.4 Å². The van der Waals surface area contributed by atoms with E-state index in [0.29, 0.717) is 27.9 Å². The first-order valence-electron chi connectivity index (χ1n) is 6.10. The zero-order valence-corrected chi connectivity index (χ0v) is 10.8. The van der Waals surface area contributed by atoms with Crippen LogP contribution in [0.3, 0.4) is 0 Å². The standard InChI is InChI=1S/C16H13NO2/c1-8-6-11-12(7-9(8)2)16(19)14-10(15(11)18)4-3-5-13(14)17/h3-7H,17H2,1-2H3. The van der Waals surface area contributed by atoms with Crippen molar-refractivity contribution in [1.82, 2.24) is 0 Å². The summed E-state index contributed by atoms with van der Waals surface area (Å²) in [5, 5.41) is 0. The molecule has 0 aliphatic heterocycles. The number of nitrogen functional groups attached to an aromatic ring is 1. The smallest absolute Gasteiger partial charge is 0.196 e. The van der Waals surface area contributed by atoms with Crippen LogP contribution in [0.4, 0.5) is 5.69 Å². The van der Waals surface area contributed by atoms with Crippen molar-refractivity contribution in [3.05, 3.63) is 63.7 Å². The predicted octanol–water partition coefficient (Wildman–Crippen LogP) is 2.66. The summed E-state index contributed by atoms with van der Waals surface area (Å²) in [5.74, 6) is -0.286. The van der Waals surface area contributed by atoms with Crippen LogP contribution >= 0.6 is 0 Å². The highest BCUT2D eigenvalue weighted by molar-refractivity contribution is 6.30. The van der Waals surface area contributed by atoms with Crippen LogP contribution in [0.5, 0.6) is 0 Å². The van der Waals surface area contributed by atoms with E-state index in [0.717, 1.165) is 11.1 Å². The maximum absolute atomic E-state index is 12.5. The second-order valence-electron chi connectivity index (χ2n) is 4.91. The van der Waals surface area contributed by atoms with Crippen molar-refractivity contribution in [1.29, 1.82) is 0 Å². The third kappa shape index (κ3) is 1.51. The van der Waals surface area contributed by atoms with Crippen LogP contribution < -0.4 is 5.73 Å². The van der Waals surface area contributed by atoms with Crippen molar-refractivity contribution in [2.45, 2.75) is 13.8 Å². The third-order valence-electron chi connectivity index (χ3n) is 3.69. The van der Waals surface area contributed by atoms with Crippen LogP contribution in [0.25, 0.3) is 0 Å². The number of ketones is 2. The van der Waals surface area contributed by atoms with E-state index in [-0.39, 0.29) is 11.6 Å². The van der Waals surface area contributed by atoms with Crippen molar-refractivity contribution in [3.63, 3.8) is 0 Å². The molecule has 1 aliphatic carbocycles. The summed E-state index contributed by atoms with van der Waals surface area (Å²) in [6.45, 7) is 3.86. The Hall–Kier alpha value is -2.42. The zero-order valence-electron chi connectivity index (χ0n) is 10.8. The summed E-state index contributed by atoms with van der Waals surface area (Å²) in [6, 6.07) is 8.57. The molecule has 1 aliphatic rings. The Morgan fingerprint density at radius 1 is 0.842 bits per heavy atom. The number of benzene rings is 2. The van der Waals surface area contributed by atoms with Gasteiger partial charge in [-0.15, -0.1) is 0 Å². The Bertz CT molecular complexity index is 745. The maximum atomic E-state index is 12.5. The highest BCUT2D eigenvalue weighted by Crippen LogP contribution is 2.31. The number of nitrogens with two attached hydrogens (primary N) is 1. The molecule has 0 spiro atoms. The van der Waals surface area contributed by atoms with E-state index in [1.54, 1.807) is 30.3 Å². The summed E-state index contributed by atoms with van der Waals surface area (Å²) >= 11 is 0. The molecule has 94 valence electrons. The van der Waals surface area contributed by atoms with Gasteiger partial charge in [-0.3, -0.25) is 9.59 Å². The van der Waals surface area contributed by atoms with Gasteiger partial charge in [0.15, 0.2) is 11.6 Å². The quantitative estimate of drug-likeness (QED) is 0.625. The minimum atomic E-state index is -0.161. The molecular weight excluding hydrogens is 238 g/mol. The normalized spacial score (nSPS) is 13.2. The van der Waals surface area contributed by atoms with E-state index in [1.165, 1.54) is 0 Å². The van der Waals surface area contributed by atoms with Crippen LogP contribution in [-0.4, -0.2) is 11.6 Å². The van der Waals surface area contributed by atoms with Crippen LogP contribution in [0.2, 0.25) is 0 Å². The second-order valence-corrected chi connectivity index (χ2v) is 4.91. The van der Waals surface area contributed by atoms with Gasteiger partial charge in [0.05, 0.1) is 5.56 Å². The van der Waals surface area contributed by atoms with Gasteiger partial charge in [-0.1, -0.05) is 12.1 Å². The summed E-state index contributed by atoms with van der Waals surface area (Å²) in [7, 11) is 0. The van der Waals surface area contributed by atoms with E-state index in [9.17, 15) is 9.59 Å². The summed E-state index contributed by atoms with van der Waals surface area (Å²) in [6.07, 6.45) is 0. The summed E-state index contributed by atoms with van der Waals surface area (Å²) in [4.78, 5) is 25.0. The first kappa shape index (κ1) is 11.7. The van der Waals surface area contributed by atoms with Crippen molar-refractivity contribution < 1.29 is 9.59 Å². The number of rotatable bonds is 0. The number of aryl methyl sites for hydroxylation is 2. The molecule has 2 aromatic carbocycles. The Morgan fingerprint density at radius 2 is 1.42 bits per heavy atom. The Labute approximate surface area is 111 Å². The number of hydrogen-bond donors (Lipinski definition) is 1. The molecular formula is C16H13NO2. The molecule has 0 saturated carbocycles. The van der Waals surface area contributed by atoms with Gasteiger partial charge in [-0.25, -0.2) is 0 Å². The van der Waals surface area contributed by atoms with E-state index in [4.69, 9.17) is 5.73 Å². The van der Waals surface area contributed by atoms with Gasteiger partial charge in [0.1, 0.15) is 0 Å². The first-order valence-corrected chi connectivity index (χ1v) is 6.10. The average Bonchev–Trinajstić information content (AvgIpc) is 2.38. The van der Waals surface area contributed by atoms with Gasteiger partial charge in [0.25, 0.3) is 0 Å². The minimum absolute atomic E-state index is 0.125.